The highest BCUT2D eigenvalue weighted by atomic mass is 79.9. The Balaban J connectivity index is 1.66. The molecular formula is C29H26BrClN4O. The smallest absolute Gasteiger partial charge is 0.282 e. The van der Waals surface area contributed by atoms with Crippen LogP contribution in [0.3, 0.4) is 0 Å². The highest BCUT2D eigenvalue weighted by Gasteiger charge is 2.17. The van der Waals surface area contributed by atoms with E-state index in [4.69, 9.17) is 21.7 Å². The highest BCUT2D eigenvalue weighted by molar-refractivity contribution is 9.10. The van der Waals surface area contributed by atoms with Gasteiger partial charge in [0.15, 0.2) is 0 Å². The van der Waals surface area contributed by atoms with E-state index in [1.54, 1.807) is 12.3 Å². The first-order chi connectivity index (χ1) is 17.4. The standard InChI is InChI=1S/C29H26BrClN4O/c1-4-18(2)28-33-26-14-11-21(30)15-24(26)29(36)35(28)32-16-25-19(3)34(27-8-6-5-7-23(25)27)17-20-9-12-22(31)13-10-20/h5-16,18H,4,17H2,1-3H3/t18-/m0/s1. The number of benzene rings is 3. The SMILES string of the molecule is CC[C@H](C)c1nc2ccc(Br)cc2c(=O)n1N=Cc1c(C)n(Cc2ccc(Cl)cc2)c2ccccc12. The number of nitrogens with zero attached hydrogens (tertiary/aromatic N) is 4. The molecule has 0 aliphatic heterocycles. The number of aromatic nitrogens is 3. The predicted octanol–water partition coefficient (Wildman–Crippen LogP) is 7.52. The van der Waals surface area contributed by atoms with Crippen LogP contribution in [-0.4, -0.2) is 20.4 Å². The van der Waals surface area contributed by atoms with Crippen molar-refractivity contribution in [2.24, 2.45) is 5.10 Å². The van der Waals surface area contributed by atoms with Crippen molar-refractivity contribution in [1.82, 2.24) is 14.2 Å². The van der Waals surface area contributed by atoms with Crippen molar-refractivity contribution in [2.45, 2.75) is 39.7 Å². The Labute approximate surface area is 223 Å². The zero-order valence-electron chi connectivity index (χ0n) is 20.4. The van der Waals surface area contributed by atoms with E-state index in [9.17, 15) is 4.79 Å². The summed E-state index contributed by atoms with van der Waals surface area (Å²) in [7, 11) is 0. The molecule has 2 aromatic heterocycles. The first kappa shape index (κ1) is 24.5. The predicted molar refractivity (Wildman–Crippen MR) is 153 cm³/mol. The van der Waals surface area contributed by atoms with Gasteiger partial charge in [-0.3, -0.25) is 4.79 Å². The summed E-state index contributed by atoms with van der Waals surface area (Å²) in [4.78, 5) is 18.4. The first-order valence-electron chi connectivity index (χ1n) is 12.0. The van der Waals surface area contributed by atoms with Gasteiger partial charge in [0.05, 0.1) is 17.1 Å². The van der Waals surface area contributed by atoms with Crippen LogP contribution in [0.2, 0.25) is 5.02 Å². The Morgan fingerprint density at radius 2 is 1.83 bits per heavy atom. The molecule has 0 aliphatic rings. The molecule has 0 saturated heterocycles. The number of halogens is 2. The summed E-state index contributed by atoms with van der Waals surface area (Å²) in [5.41, 5.74) is 4.84. The lowest BCUT2D eigenvalue weighted by Gasteiger charge is -2.14. The van der Waals surface area contributed by atoms with E-state index in [1.165, 1.54) is 4.68 Å². The summed E-state index contributed by atoms with van der Waals surface area (Å²) >= 11 is 9.56. The molecule has 0 radical (unpaired) electrons. The lowest BCUT2D eigenvalue weighted by molar-refractivity contribution is 0.613. The quantitative estimate of drug-likeness (QED) is 0.201. The van der Waals surface area contributed by atoms with E-state index in [0.29, 0.717) is 23.3 Å². The van der Waals surface area contributed by atoms with E-state index in [-0.39, 0.29) is 11.5 Å². The molecule has 0 unspecified atom stereocenters. The van der Waals surface area contributed by atoms with Crippen LogP contribution in [0.25, 0.3) is 21.8 Å². The molecular weight excluding hydrogens is 536 g/mol. The second-order valence-corrected chi connectivity index (χ2v) is 10.4. The Kier molecular flexibility index (Phi) is 6.82. The third-order valence-corrected chi connectivity index (χ3v) is 7.47. The minimum atomic E-state index is -0.171. The van der Waals surface area contributed by atoms with Crippen molar-refractivity contribution in [2.75, 3.05) is 0 Å². The molecule has 0 amide bonds. The van der Waals surface area contributed by atoms with Crippen LogP contribution >= 0.6 is 27.5 Å². The lowest BCUT2D eigenvalue weighted by atomic mass is 10.1. The average molecular weight is 562 g/mol. The van der Waals surface area contributed by atoms with Crippen LogP contribution < -0.4 is 5.56 Å². The molecule has 0 fully saturated rings. The maximum Gasteiger partial charge on any atom is 0.282 e. The van der Waals surface area contributed by atoms with Crippen LogP contribution in [0, 0.1) is 6.92 Å². The molecule has 0 spiro atoms. The second kappa shape index (κ2) is 10.0. The van der Waals surface area contributed by atoms with Gasteiger partial charge in [0.25, 0.3) is 5.56 Å². The zero-order valence-corrected chi connectivity index (χ0v) is 22.7. The molecule has 182 valence electrons. The van der Waals surface area contributed by atoms with Crippen LogP contribution in [0.15, 0.2) is 81.1 Å². The van der Waals surface area contributed by atoms with E-state index in [1.807, 2.05) is 48.5 Å². The summed E-state index contributed by atoms with van der Waals surface area (Å²) in [6.07, 6.45) is 2.65. The van der Waals surface area contributed by atoms with Gasteiger partial charge >= 0.3 is 0 Å². The molecule has 3 aromatic carbocycles. The number of fused-ring (bicyclic) bond motifs is 2. The van der Waals surface area contributed by atoms with Gasteiger partial charge in [-0.1, -0.05) is 71.7 Å². The van der Waals surface area contributed by atoms with Gasteiger partial charge in [0, 0.05) is 44.1 Å². The molecule has 0 bridgehead atoms. The third kappa shape index (κ3) is 4.51. The summed E-state index contributed by atoms with van der Waals surface area (Å²) in [5, 5.41) is 7.08. The Morgan fingerprint density at radius 1 is 1.08 bits per heavy atom. The van der Waals surface area contributed by atoms with E-state index >= 15 is 0 Å². The molecule has 5 rings (SSSR count). The molecule has 7 heteroatoms. The molecule has 5 nitrogen and oxygen atoms in total. The fourth-order valence-electron chi connectivity index (χ4n) is 4.49. The van der Waals surface area contributed by atoms with Gasteiger partial charge < -0.3 is 4.57 Å². The minimum absolute atomic E-state index is 0.0789. The first-order valence-corrected chi connectivity index (χ1v) is 13.1. The molecule has 0 saturated carbocycles. The molecule has 5 aromatic rings. The average Bonchev–Trinajstić information content (AvgIpc) is 3.15. The van der Waals surface area contributed by atoms with Crippen molar-refractivity contribution in [3.8, 4) is 0 Å². The lowest BCUT2D eigenvalue weighted by Crippen LogP contribution is -2.23. The number of hydrogen-bond donors (Lipinski definition) is 0. The van der Waals surface area contributed by atoms with Gasteiger partial charge in [0.2, 0.25) is 0 Å². The second-order valence-electron chi connectivity index (χ2n) is 9.03. The van der Waals surface area contributed by atoms with Crippen molar-refractivity contribution in [1.29, 1.82) is 0 Å². The highest BCUT2D eigenvalue weighted by Crippen LogP contribution is 2.27. The topological polar surface area (TPSA) is 52.2 Å². The fourth-order valence-corrected chi connectivity index (χ4v) is 4.98. The monoisotopic (exact) mass is 560 g/mol. The summed E-state index contributed by atoms with van der Waals surface area (Å²) in [6, 6.07) is 21.8. The Morgan fingerprint density at radius 3 is 2.58 bits per heavy atom. The van der Waals surface area contributed by atoms with Gasteiger partial charge in [-0.25, -0.2) is 4.98 Å². The maximum atomic E-state index is 13.5. The molecule has 2 heterocycles. The molecule has 36 heavy (non-hydrogen) atoms. The maximum absolute atomic E-state index is 13.5. The number of hydrogen-bond acceptors (Lipinski definition) is 3. The van der Waals surface area contributed by atoms with Gasteiger partial charge in [0.1, 0.15) is 5.82 Å². The van der Waals surface area contributed by atoms with Crippen LogP contribution in [0.5, 0.6) is 0 Å². The van der Waals surface area contributed by atoms with Crippen molar-refractivity contribution >= 4 is 55.6 Å². The molecule has 1 atom stereocenters. The van der Waals surface area contributed by atoms with Crippen molar-refractivity contribution in [3.63, 3.8) is 0 Å². The number of para-hydroxylation sites is 1. The van der Waals surface area contributed by atoms with Gasteiger partial charge in [-0.05, 0) is 55.3 Å². The summed E-state index contributed by atoms with van der Waals surface area (Å²) in [6.45, 7) is 6.96. The van der Waals surface area contributed by atoms with Crippen LogP contribution in [0.4, 0.5) is 0 Å². The largest absolute Gasteiger partial charge is 0.340 e. The normalized spacial score (nSPS) is 12.7. The van der Waals surface area contributed by atoms with Crippen LogP contribution in [-0.2, 0) is 6.54 Å². The summed E-state index contributed by atoms with van der Waals surface area (Å²) < 4.78 is 4.57. The van der Waals surface area contributed by atoms with Crippen molar-refractivity contribution < 1.29 is 0 Å². The van der Waals surface area contributed by atoms with E-state index < -0.39 is 0 Å². The Hall–Kier alpha value is -3.22. The molecule has 0 aliphatic carbocycles. The van der Waals surface area contributed by atoms with Gasteiger partial charge in [-0.15, -0.1) is 0 Å². The van der Waals surface area contributed by atoms with E-state index in [0.717, 1.165) is 43.6 Å². The molecule has 0 N–H and O–H groups in total. The number of rotatable bonds is 6. The van der Waals surface area contributed by atoms with Crippen molar-refractivity contribution in [3.05, 3.63) is 109 Å². The van der Waals surface area contributed by atoms with Gasteiger partial charge in [-0.2, -0.15) is 9.78 Å². The minimum Gasteiger partial charge on any atom is -0.340 e. The zero-order chi connectivity index (χ0) is 25.4. The summed E-state index contributed by atoms with van der Waals surface area (Å²) in [5.74, 6) is 0.742. The Bertz CT molecular complexity index is 1670. The van der Waals surface area contributed by atoms with E-state index in [2.05, 4.69) is 53.4 Å². The third-order valence-electron chi connectivity index (χ3n) is 6.72. The van der Waals surface area contributed by atoms with Crippen LogP contribution in [0.1, 0.15) is 48.8 Å². The fraction of sp³-hybridized carbons (Fsp3) is 0.207.